The summed E-state index contributed by atoms with van der Waals surface area (Å²) in [5, 5.41) is 0. The first-order valence-corrected chi connectivity index (χ1v) is 2.92. The Morgan fingerprint density at radius 3 is 2.44 bits per heavy atom. The molecule has 0 aliphatic carbocycles. The summed E-state index contributed by atoms with van der Waals surface area (Å²) < 4.78 is 4.58. The summed E-state index contributed by atoms with van der Waals surface area (Å²) in [6.07, 6.45) is 1.23. The van der Waals surface area contributed by atoms with E-state index in [9.17, 15) is 4.79 Å². The zero-order chi connectivity index (χ0) is 5.98. The highest BCUT2D eigenvalue weighted by Gasteiger charge is 2.22. The van der Waals surface area contributed by atoms with Crippen molar-refractivity contribution in [1.82, 2.24) is 0 Å². The van der Waals surface area contributed by atoms with Crippen LogP contribution in [0.3, 0.4) is 0 Å². The maximum Gasteiger partial charge on any atom is 0.388 e. The highest BCUT2D eigenvalue weighted by molar-refractivity contribution is 9.06. The van der Waals surface area contributed by atoms with Crippen LogP contribution < -0.4 is 17.4 Å². The van der Waals surface area contributed by atoms with Gasteiger partial charge in [0.05, 0.1) is 12.8 Å². The van der Waals surface area contributed by atoms with Gasteiger partial charge in [-0.3, -0.25) is 0 Å². The second-order valence-electron chi connectivity index (χ2n) is 1.55. The number of carbonyl (C=O) groups excluding carboxylic acids is 1. The van der Waals surface area contributed by atoms with E-state index < -0.39 is 0 Å². The molecule has 5 heteroatoms. The van der Waals surface area contributed by atoms with Gasteiger partial charge in [0.2, 0.25) is 0 Å². The topological polar surface area (TPSA) is 40.3 Å². The molecule has 0 unspecified atom stereocenters. The van der Waals surface area contributed by atoms with Gasteiger partial charge in [-0.1, -0.05) is 0 Å². The van der Waals surface area contributed by atoms with Crippen molar-refractivity contribution < 1.29 is 26.0 Å². The number of rotatable bonds is 0. The first-order valence-electron chi connectivity index (χ1n) is 2.27. The van der Waals surface area contributed by atoms with Crippen molar-refractivity contribution >= 4 is 28.1 Å². The summed E-state index contributed by atoms with van der Waals surface area (Å²) >= 11 is 2.75. The van der Waals surface area contributed by atoms with Crippen LogP contribution in [0.2, 0.25) is 0 Å². The summed E-state index contributed by atoms with van der Waals surface area (Å²) in [6, 6.07) is 0. The van der Waals surface area contributed by atoms with Crippen LogP contribution in [0.1, 0.15) is 12.8 Å². The first-order chi connectivity index (χ1) is 3.83. The number of carbonyl (C=O) groups is 1. The molecule has 1 aliphatic heterocycles. The fraction of sp³-hybridized carbons (Fsp3) is 0.500. The van der Waals surface area contributed by atoms with Gasteiger partial charge in [-0.25, -0.2) is 4.79 Å². The van der Waals surface area contributed by atoms with Crippen molar-refractivity contribution in [3.63, 3.8) is 0 Å². The predicted octanol–water partition coefficient (Wildman–Crippen LogP) is -3.88. The third-order valence-electron chi connectivity index (χ3n) is 0.951. The molecule has 0 saturated heterocycles. The van der Waals surface area contributed by atoms with Crippen molar-refractivity contribution in [3.8, 4) is 0 Å². The van der Waals surface area contributed by atoms with E-state index in [-0.39, 0.29) is 18.3 Å². The minimum absolute atomic E-state index is 0. The number of amides is 1. The Labute approximate surface area is 67.3 Å². The molecule has 1 aliphatic rings. The van der Waals surface area contributed by atoms with Gasteiger partial charge in [0.25, 0.3) is 0 Å². The summed E-state index contributed by atoms with van der Waals surface area (Å²) in [6.45, 7) is 0. The maximum atomic E-state index is 10.4. The molecule has 0 radical (unpaired) electrons. The van der Waals surface area contributed by atoms with E-state index in [2.05, 4.69) is 25.1 Å². The average molecular weight is 214 g/mol. The van der Waals surface area contributed by atoms with Crippen molar-refractivity contribution in [1.29, 1.82) is 0 Å². The number of nitrogens with one attached hydrogen (secondary N) is 1. The molecule has 0 aromatic rings. The van der Waals surface area contributed by atoms with Crippen LogP contribution in [0, 0.1) is 0 Å². The molecule has 52 valence electrons. The summed E-state index contributed by atoms with van der Waals surface area (Å²) in [7, 11) is 0. The smallest absolute Gasteiger partial charge is 0.388 e. The fourth-order valence-electron chi connectivity index (χ4n) is 0.565. The Balaban J connectivity index is 0.000000640. The van der Waals surface area contributed by atoms with Gasteiger partial charge in [-0.2, -0.15) is 0 Å². The molecular weight excluding hydrogens is 209 g/mol. The van der Waals surface area contributed by atoms with E-state index in [0.717, 1.165) is 0 Å². The molecule has 0 bridgehead atoms. The Kier molecular flexibility index (Phi) is 3.81. The Bertz CT molecular complexity index is 148. The molecule has 0 spiro atoms. The van der Waals surface area contributed by atoms with Crippen LogP contribution >= 0.6 is 16.3 Å². The van der Waals surface area contributed by atoms with E-state index in [1.807, 2.05) is 0 Å². The van der Waals surface area contributed by atoms with Crippen molar-refractivity contribution in [2.24, 2.45) is 0 Å². The molecule has 0 fully saturated rings. The first kappa shape index (κ1) is 8.91. The molecule has 1 amide bonds. The molecular formula is C4H5BrClNO2. The molecule has 0 aromatic heterocycles. The molecule has 0 saturated carbocycles. The highest BCUT2D eigenvalue weighted by atomic mass is 79.9. The van der Waals surface area contributed by atoms with E-state index >= 15 is 0 Å². The van der Waals surface area contributed by atoms with Crippen LogP contribution in [-0.2, 0) is 8.62 Å². The Morgan fingerprint density at radius 2 is 2.22 bits per heavy atom. The van der Waals surface area contributed by atoms with Gasteiger partial charge < -0.3 is 16.2 Å². The minimum Gasteiger partial charge on any atom is -1.00 e. The van der Waals surface area contributed by atoms with Crippen LogP contribution in [0.5, 0.6) is 0 Å². The zero-order valence-electron chi connectivity index (χ0n) is 4.49. The standard InChI is InChI=1S/C4H4BrNO2.ClH/c5-8-4-2-1-3(7)6-4;/h1-2H2;1H. The maximum absolute atomic E-state index is 10.4. The average Bonchev–Trinajstić information content (AvgIpc) is 2.14. The molecule has 1 rings (SSSR count). The molecule has 0 atom stereocenters. The molecule has 9 heavy (non-hydrogen) atoms. The minimum atomic E-state index is 0. The lowest BCUT2D eigenvalue weighted by atomic mass is 10.4. The molecule has 1 heterocycles. The van der Waals surface area contributed by atoms with Gasteiger partial charge >= 0.3 is 11.8 Å². The van der Waals surface area contributed by atoms with E-state index in [1.165, 1.54) is 0 Å². The summed E-state index contributed by atoms with van der Waals surface area (Å²) in [5.74, 6) is 0.634. The summed E-state index contributed by atoms with van der Waals surface area (Å²) in [5.41, 5.74) is 0. The van der Waals surface area contributed by atoms with Gasteiger partial charge in [-0.05, 0) is 0 Å². The lowest BCUT2D eigenvalue weighted by molar-refractivity contribution is -0.377. The lowest BCUT2D eigenvalue weighted by Crippen LogP contribution is -3.00. The number of halogens is 2. The number of hydrogen-bond donors (Lipinski definition) is 1. The van der Waals surface area contributed by atoms with Crippen LogP contribution in [0.25, 0.3) is 0 Å². The van der Waals surface area contributed by atoms with Crippen molar-refractivity contribution in [3.05, 3.63) is 0 Å². The highest BCUT2D eigenvalue weighted by Crippen LogP contribution is 1.96. The van der Waals surface area contributed by atoms with Gasteiger partial charge in [0.15, 0.2) is 16.3 Å². The third-order valence-corrected chi connectivity index (χ3v) is 1.34. The van der Waals surface area contributed by atoms with Crippen LogP contribution in [0.4, 0.5) is 0 Å². The largest absolute Gasteiger partial charge is 1.00 e. The zero-order valence-corrected chi connectivity index (χ0v) is 6.83. The van der Waals surface area contributed by atoms with Crippen molar-refractivity contribution in [2.75, 3.05) is 0 Å². The molecule has 1 N–H and O–H groups in total. The number of hydrogen-bond acceptors (Lipinski definition) is 2. The van der Waals surface area contributed by atoms with Crippen molar-refractivity contribution in [2.45, 2.75) is 12.8 Å². The normalized spacial score (nSPS) is 16.6. The quantitative estimate of drug-likeness (QED) is 0.448. The second kappa shape index (κ2) is 3.85. The predicted molar refractivity (Wildman–Crippen MR) is 30.2 cm³/mol. The van der Waals surface area contributed by atoms with E-state index in [4.69, 9.17) is 0 Å². The Hall–Kier alpha value is -0.0900. The van der Waals surface area contributed by atoms with Crippen LogP contribution in [0.15, 0.2) is 0 Å². The Morgan fingerprint density at radius 1 is 1.56 bits per heavy atom. The van der Waals surface area contributed by atoms with Crippen LogP contribution in [-0.4, -0.2) is 11.8 Å². The van der Waals surface area contributed by atoms with E-state index in [1.54, 1.807) is 0 Å². The van der Waals surface area contributed by atoms with Gasteiger partial charge in [0.1, 0.15) is 0 Å². The lowest BCUT2D eigenvalue weighted by Gasteiger charge is -1.79. The fourth-order valence-corrected chi connectivity index (χ4v) is 0.808. The SMILES string of the molecule is O=C1CCC(OBr)=[NH+]1.[Cl-]. The molecule has 0 aromatic carbocycles. The third kappa shape index (κ3) is 2.32. The van der Waals surface area contributed by atoms with E-state index in [0.29, 0.717) is 18.7 Å². The second-order valence-corrected chi connectivity index (χ2v) is 1.87. The van der Waals surface area contributed by atoms with Gasteiger partial charge in [-0.15, -0.1) is 4.99 Å². The molecule has 3 nitrogen and oxygen atoms in total. The van der Waals surface area contributed by atoms with Gasteiger partial charge in [0, 0.05) is 0 Å². The monoisotopic (exact) mass is 213 g/mol. The summed E-state index contributed by atoms with van der Waals surface area (Å²) in [4.78, 5) is 12.9.